The van der Waals surface area contributed by atoms with Gasteiger partial charge in [0, 0.05) is 5.56 Å². The Morgan fingerprint density at radius 1 is 1.53 bits per heavy atom. The topological polar surface area (TPSA) is 46.5 Å². The van der Waals surface area contributed by atoms with Crippen molar-refractivity contribution in [2.75, 3.05) is 6.61 Å². The van der Waals surface area contributed by atoms with Crippen molar-refractivity contribution >= 4 is 5.97 Å². The molecule has 1 rings (SSSR count). The van der Waals surface area contributed by atoms with E-state index in [0.29, 0.717) is 17.7 Å². The minimum atomic E-state index is -0.426. The van der Waals surface area contributed by atoms with Gasteiger partial charge in [-0.15, -0.1) is 0 Å². The monoisotopic (exact) mass is 236 g/mol. The van der Waals surface area contributed by atoms with Gasteiger partial charge in [-0.25, -0.2) is 4.39 Å². The predicted molar refractivity (Wildman–Crippen MR) is 60.5 cm³/mol. The van der Waals surface area contributed by atoms with Crippen LogP contribution in [0.15, 0.2) is 18.2 Å². The lowest BCUT2D eigenvalue weighted by atomic mass is 10.1. The number of halogens is 1. The van der Waals surface area contributed by atoms with Crippen molar-refractivity contribution in [1.29, 1.82) is 0 Å². The number of carbonyl (C=O) groups excluding carboxylic acids is 1. The van der Waals surface area contributed by atoms with E-state index in [-0.39, 0.29) is 13.0 Å². The molecule has 3 nitrogen and oxygen atoms in total. The van der Waals surface area contributed by atoms with Gasteiger partial charge in [0.05, 0.1) is 13.2 Å². The number of aliphatic hydroxyl groups is 1. The first-order chi connectivity index (χ1) is 8.17. The van der Waals surface area contributed by atoms with Crippen LogP contribution in [-0.2, 0) is 16.1 Å². The molecule has 0 aliphatic rings. The molecule has 0 heterocycles. The maximum absolute atomic E-state index is 12.9. The number of aliphatic hydroxyl groups excluding tert-OH is 1. The van der Waals surface area contributed by atoms with E-state index in [2.05, 4.69) is 11.8 Å². The molecule has 90 valence electrons. The zero-order chi connectivity index (χ0) is 12.7. The molecular weight excluding hydrogens is 223 g/mol. The first-order valence-corrected chi connectivity index (χ1v) is 5.21. The van der Waals surface area contributed by atoms with Crippen molar-refractivity contribution in [3.8, 4) is 11.8 Å². The van der Waals surface area contributed by atoms with Gasteiger partial charge in [-0.2, -0.15) is 0 Å². The molecule has 0 spiro atoms. The van der Waals surface area contributed by atoms with Gasteiger partial charge in [0.1, 0.15) is 12.2 Å². The summed E-state index contributed by atoms with van der Waals surface area (Å²) >= 11 is 0. The molecule has 1 aromatic rings. The zero-order valence-electron chi connectivity index (χ0n) is 9.50. The van der Waals surface area contributed by atoms with Crippen LogP contribution >= 0.6 is 0 Å². The molecule has 0 unspecified atom stereocenters. The number of hydrogen-bond donors (Lipinski definition) is 1. The molecule has 0 amide bonds. The number of rotatable bonds is 3. The van der Waals surface area contributed by atoms with Gasteiger partial charge in [-0.1, -0.05) is 11.8 Å². The highest BCUT2D eigenvalue weighted by atomic mass is 19.1. The van der Waals surface area contributed by atoms with Gasteiger partial charge in [-0.3, -0.25) is 4.79 Å². The van der Waals surface area contributed by atoms with Gasteiger partial charge in [-0.05, 0) is 30.7 Å². The van der Waals surface area contributed by atoms with E-state index in [1.807, 2.05) is 0 Å². The molecule has 1 N–H and O–H groups in total. The fourth-order valence-electron chi connectivity index (χ4n) is 1.24. The van der Waals surface area contributed by atoms with Crippen molar-refractivity contribution in [3.63, 3.8) is 0 Å². The summed E-state index contributed by atoms with van der Waals surface area (Å²) in [6.45, 7) is 1.75. The summed E-state index contributed by atoms with van der Waals surface area (Å²) in [6, 6.07) is 3.95. The minimum absolute atomic E-state index is 0.0178. The van der Waals surface area contributed by atoms with Crippen LogP contribution in [0.3, 0.4) is 0 Å². The fraction of sp³-hybridized carbons (Fsp3) is 0.308. The number of hydrogen-bond acceptors (Lipinski definition) is 3. The molecule has 17 heavy (non-hydrogen) atoms. The van der Waals surface area contributed by atoms with Gasteiger partial charge in [0.2, 0.25) is 0 Å². The lowest BCUT2D eigenvalue weighted by Gasteiger charge is -2.00. The lowest BCUT2D eigenvalue weighted by Crippen LogP contribution is -2.01. The summed E-state index contributed by atoms with van der Waals surface area (Å²) in [6.07, 6.45) is -0.0178. The van der Waals surface area contributed by atoms with Crippen molar-refractivity contribution in [3.05, 3.63) is 35.1 Å². The average Bonchev–Trinajstić information content (AvgIpc) is 2.31. The molecule has 0 radical (unpaired) electrons. The van der Waals surface area contributed by atoms with Gasteiger partial charge >= 0.3 is 5.97 Å². The molecule has 0 aliphatic heterocycles. The Bertz CT molecular complexity index is 457. The largest absolute Gasteiger partial charge is 0.465 e. The smallest absolute Gasteiger partial charge is 0.317 e. The number of esters is 1. The first kappa shape index (κ1) is 13.2. The second-order valence-electron chi connectivity index (χ2n) is 3.24. The maximum atomic E-state index is 12.9. The highest BCUT2D eigenvalue weighted by molar-refractivity contribution is 5.72. The summed E-state index contributed by atoms with van der Waals surface area (Å²) in [5.74, 6) is 4.50. The molecule has 0 saturated carbocycles. The van der Waals surface area contributed by atoms with Crippen molar-refractivity contribution in [2.24, 2.45) is 0 Å². The highest BCUT2D eigenvalue weighted by Crippen LogP contribution is 2.10. The predicted octanol–water partition coefficient (Wildman–Crippen LogP) is 1.62. The van der Waals surface area contributed by atoms with Crippen molar-refractivity contribution in [2.45, 2.75) is 20.0 Å². The molecular formula is C13H13FO3. The quantitative estimate of drug-likeness (QED) is 0.640. The average molecular weight is 236 g/mol. The third kappa shape index (κ3) is 4.25. The van der Waals surface area contributed by atoms with E-state index in [1.54, 1.807) is 6.92 Å². The van der Waals surface area contributed by atoms with Crippen molar-refractivity contribution in [1.82, 2.24) is 0 Å². The zero-order valence-corrected chi connectivity index (χ0v) is 9.50. The van der Waals surface area contributed by atoms with Gasteiger partial charge < -0.3 is 9.84 Å². The number of carbonyl (C=O) groups is 1. The Hall–Kier alpha value is -1.86. The maximum Gasteiger partial charge on any atom is 0.317 e. The Labute approximate surface area is 99.2 Å². The Morgan fingerprint density at radius 3 is 2.94 bits per heavy atom. The summed E-state index contributed by atoms with van der Waals surface area (Å²) in [5.41, 5.74) is 0.916. The van der Waals surface area contributed by atoms with Crippen molar-refractivity contribution < 1.29 is 19.0 Å². The van der Waals surface area contributed by atoms with Crippen LogP contribution in [0.2, 0.25) is 0 Å². The summed E-state index contributed by atoms with van der Waals surface area (Å²) in [7, 11) is 0. The number of ether oxygens (including phenoxy) is 1. The molecule has 1 aromatic carbocycles. The second kappa shape index (κ2) is 6.66. The van der Waals surface area contributed by atoms with Crippen LogP contribution in [0.5, 0.6) is 0 Å². The molecule has 0 aromatic heterocycles. The number of benzene rings is 1. The van der Waals surface area contributed by atoms with Crippen LogP contribution in [0.4, 0.5) is 4.39 Å². The third-order valence-electron chi connectivity index (χ3n) is 2.00. The minimum Gasteiger partial charge on any atom is -0.465 e. The van der Waals surface area contributed by atoms with E-state index in [1.165, 1.54) is 18.2 Å². The third-order valence-corrected chi connectivity index (χ3v) is 2.00. The Balaban J connectivity index is 2.74. The summed E-state index contributed by atoms with van der Waals surface area (Å²) in [5, 5.41) is 9.01. The lowest BCUT2D eigenvalue weighted by molar-refractivity contribution is -0.141. The van der Waals surface area contributed by atoms with Gasteiger partial charge in [0.15, 0.2) is 0 Å². The normalized spacial score (nSPS) is 9.35. The molecule has 0 aliphatic carbocycles. The summed E-state index contributed by atoms with van der Waals surface area (Å²) < 4.78 is 17.6. The van der Waals surface area contributed by atoms with E-state index in [4.69, 9.17) is 9.84 Å². The van der Waals surface area contributed by atoms with Gasteiger partial charge in [0.25, 0.3) is 0 Å². The second-order valence-corrected chi connectivity index (χ2v) is 3.24. The Morgan fingerprint density at radius 2 is 2.29 bits per heavy atom. The van der Waals surface area contributed by atoms with Crippen LogP contribution < -0.4 is 0 Å². The van der Waals surface area contributed by atoms with E-state index < -0.39 is 11.8 Å². The van der Waals surface area contributed by atoms with E-state index in [9.17, 15) is 9.18 Å². The molecule has 0 fully saturated rings. The van der Waals surface area contributed by atoms with Crippen LogP contribution in [0.25, 0.3) is 0 Å². The molecule has 0 bridgehead atoms. The standard InChI is InChI=1S/C13H13FO3/c1-2-17-13(16)5-3-4-10-6-7-12(14)8-11(10)9-15/h6-8,15H,2,5,9H2,1H3. The van der Waals surface area contributed by atoms with E-state index >= 15 is 0 Å². The van der Waals surface area contributed by atoms with Crippen LogP contribution in [0.1, 0.15) is 24.5 Å². The van der Waals surface area contributed by atoms with Crippen LogP contribution in [-0.4, -0.2) is 17.7 Å². The molecule has 0 atom stereocenters. The highest BCUT2D eigenvalue weighted by Gasteiger charge is 2.01. The van der Waals surface area contributed by atoms with E-state index in [0.717, 1.165) is 0 Å². The SMILES string of the molecule is CCOC(=O)CC#Cc1ccc(F)cc1CO. The molecule has 4 heteroatoms. The summed E-state index contributed by atoms with van der Waals surface area (Å²) in [4.78, 5) is 11.0. The Kier molecular flexibility index (Phi) is 5.18. The van der Waals surface area contributed by atoms with Crippen LogP contribution in [0, 0.1) is 17.7 Å². The molecule has 0 saturated heterocycles. The first-order valence-electron chi connectivity index (χ1n) is 5.21. The fourth-order valence-corrected chi connectivity index (χ4v) is 1.24.